The molecule has 1 aromatic carbocycles. The van der Waals surface area contributed by atoms with E-state index >= 15 is 0 Å². The Balaban J connectivity index is 1.99. The van der Waals surface area contributed by atoms with E-state index in [2.05, 4.69) is 17.9 Å². The summed E-state index contributed by atoms with van der Waals surface area (Å²) in [5.74, 6) is -0.127. The maximum absolute atomic E-state index is 14.2. The Labute approximate surface area is 122 Å². The molecule has 1 aromatic heterocycles. The number of benzene rings is 1. The first-order chi connectivity index (χ1) is 9.69. The standard InChI is InChI=1S/C16H19FN2S/c1-11-4-3-7-19(9-11)10-12-15(8-18)20-14-6-2-5-13(17)16(12)14/h2,4-6H,3,7-10,18H2,1H3. The van der Waals surface area contributed by atoms with E-state index in [0.29, 0.717) is 6.54 Å². The molecule has 0 atom stereocenters. The van der Waals surface area contributed by atoms with Crippen LogP contribution in [-0.4, -0.2) is 18.0 Å². The Morgan fingerprint density at radius 1 is 1.40 bits per heavy atom. The molecule has 2 aromatic rings. The molecule has 1 aliphatic rings. The van der Waals surface area contributed by atoms with Crippen LogP contribution in [0.3, 0.4) is 0 Å². The van der Waals surface area contributed by atoms with Crippen LogP contribution in [0.5, 0.6) is 0 Å². The zero-order valence-electron chi connectivity index (χ0n) is 11.7. The maximum atomic E-state index is 14.2. The van der Waals surface area contributed by atoms with Gasteiger partial charge in [0.1, 0.15) is 5.82 Å². The molecule has 0 fully saturated rings. The van der Waals surface area contributed by atoms with E-state index in [-0.39, 0.29) is 5.82 Å². The predicted molar refractivity (Wildman–Crippen MR) is 83.3 cm³/mol. The van der Waals surface area contributed by atoms with Gasteiger partial charge in [-0.3, -0.25) is 4.90 Å². The zero-order chi connectivity index (χ0) is 14.1. The molecule has 0 amide bonds. The maximum Gasteiger partial charge on any atom is 0.132 e. The van der Waals surface area contributed by atoms with Crippen molar-refractivity contribution in [3.05, 3.63) is 46.1 Å². The van der Waals surface area contributed by atoms with E-state index in [1.165, 1.54) is 5.57 Å². The molecule has 20 heavy (non-hydrogen) atoms. The van der Waals surface area contributed by atoms with E-state index in [1.54, 1.807) is 23.5 Å². The van der Waals surface area contributed by atoms with Crippen molar-refractivity contribution in [2.45, 2.75) is 26.4 Å². The SMILES string of the molecule is CC1=CCCN(Cc2c(CN)sc3cccc(F)c23)C1. The molecule has 2 nitrogen and oxygen atoms in total. The van der Waals surface area contributed by atoms with Gasteiger partial charge in [0, 0.05) is 41.1 Å². The van der Waals surface area contributed by atoms with Gasteiger partial charge in [0.25, 0.3) is 0 Å². The van der Waals surface area contributed by atoms with Crippen LogP contribution in [0.2, 0.25) is 0 Å². The second kappa shape index (κ2) is 5.64. The number of rotatable bonds is 3. The van der Waals surface area contributed by atoms with E-state index < -0.39 is 0 Å². The summed E-state index contributed by atoms with van der Waals surface area (Å²) in [4.78, 5) is 3.49. The van der Waals surface area contributed by atoms with Crippen LogP contribution in [0, 0.1) is 5.82 Å². The Kier molecular flexibility index (Phi) is 3.87. The predicted octanol–water partition coefficient (Wildman–Crippen LogP) is 3.65. The van der Waals surface area contributed by atoms with Crippen LogP contribution in [-0.2, 0) is 13.1 Å². The summed E-state index contributed by atoms with van der Waals surface area (Å²) >= 11 is 1.62. The monoisotopic (exact) mass is 290 g/mol. The van der Waals surface area contributed by atoms with Crippen molar-refractivity contribution in [2.75, 3.05) is 13.1 Å². The summed E-state index contributed by atoms with van der Waals surface area (Å²) in [7, 11) is 0. The second-order valence-electron chi connectivity index (χ2n) is 5.37. The molecular weight excluding hydrogens is 271 g/mol. The molecule has 0 unspecified atom stereocenters. The minimum Gasteiger partial charge on any atom is -0.326 e. The summed E-state index contributed by atoms with van der Waals surface area (Å²) in [6, 6.07) is 5.29. The van der Waals surface area contributed by atoms with E-state index in [9.17, 15) is 4.39 Å². The molecule has 1 aliphatic heterocycles. The third kappa shape index (κ3) is 2.51. The van der Waals surface area contributed by atoms with Gasteiger partial charge in [-0.25, -0.2) is 4.39 Å². The summed E-state index contributed by atoms with van der Waals surface area (Å²) in [6.45, 7) is 5.43. The lowest BCUT2D eigenvalue weighted by molar-refractivity contribution is 0.283. The minimum absolute atomic E-state index is 0.127. The zero-order valence-corrected chi connectivity index (χ0v) is 12.5. The van der Waals surface area contributed by atoms with Crippen molar-refractivity contribution >= 4 is 21.4 Å². The number of fused-ring (bicyclic) bond motifs is 1. The smallest absolute Gasteiger partial charge is 0.132 e. The molecule has 106 valence electrons. The van der Waals surface area contributed by atoms with Gasteiger partial charge in [0.2, 0.25) is 0 Å². The van der Waals surface area contributed by atoms with Crippen molar-refractivity contribution in [2.24, 2.45) is 5.73 Å². The van der Waals surface area contributed by atoms with Gasteiger partial charge in [-0.15, -0.1) is 11.3 Å². The van der Waals surface area contributed by atoms with Crippen LogP contribution in [0.15, 0.2) is 29.8 Å². The fraction of sp³-hybridized carbons (Fsp3) is 0.375. The lowest BCUT2D eigenvalue weighted by Gasteiger charge is -2.26. The fourth-order valence-electron chi connectivity index (χ4n) is 2.90. The van der Waals surface area contributed by atoms with Crippen molar-refractivity contribution < 1.29 is 4.39 Å². The van der Waals surface area contributed by atoms with Crippen molar-refractivity contribution in [1.29, 1.82) is 0 Å². The highest BCUT2D eigenvalue weighted by Crippen LogP contribution is 2.34. The van der Waals surface area contributed by atoms with E-state index in [0.717, 1.165) is 46.6 Å². The summed E-state index contributed by atoms with van der Waals surface area (Å²) < 4.78 is 15.2. The van der Waals surface area contributed by atoms with Gasteiger partial charge >= 0.3 is 0 Å². The quantitative estimate of drug-likeness (QED) is 0.874. The molecule has 0 spiro atoms. The van der Waals surface area contributed by atoms with Crippen molar-refractivity contribution in [1.82, 2.24) is 4.90 Å². The fourth-order valence-corrected chi connectivity index (χ4v) is 4.00. The molecule has 0 radical (unpaired) electrons. The van der Waals surface area contributed by atoms with Crippen LogP contribution in [0.4, 0.5) is 4.39 Å². The Morgan fingerprint density at radius 3 is 3.00 bits per heavy atom. The first kappa shape index (κ1) is 13.7. The molecule has 0 saturated heterocycles. The number of nitrogens with zero attached hydrogens (tertiary/aromatic N) is 1. The summed E-state index contributed by atoms with van der Waals surface area (Å²) in [5.41, 5.74) is 8.33. The van der Waals surface area contributed by atoms with Crippen molar-refractivity contribution in [3.8, 4) is 0 Å². The average Bonchev–Trinajstić information content (AvgIpc) is 2.78. The molecular formula is C16H19FN2S. The van der Waals surface area contributed by atoms with Crippen LogP contribution < -0.4 is 5.73 Å². The number of nitrogens with two attached hydrogens (primary N) is 1. The van der Waals surface area contributed by atoms with Crippen LogP contribution in [0.25, 0.3) is 10.1 Å². The largest absolute Gasteiger partial charge is 0.326 e. The van der Waals surface area contributed by atoms with Gasteiger partial charge in [-0.05, 0) is 31.0 Å². The van der Waals surface area contributed by atoms with Crippen molar-refractivity contribution in [3.63, 3.8) is 0 Å². The van der Waals surface area contributed by atoms with Gasteiger partial charge in [-0.2, -0.15) is 0 Å². The second-order valence-corrected chi connectivity index (χ2v) is 6.51. The number of hydrogen-bond acceptors (Lipinski definition) is 3. The minimum atomic E-state index is -0.127. The summed E-state index contributed by atoms with van der Waals surface area (Å²) in [6.07, 6.45) is 3.36. The average molecular weight is 290 g/mol. The van der Waals surface area contributed by atoms with Gasteiger partial charge in [0.15, 0.2) is 0 Å². The highest BCUT2D eigenvalue weighted by Gasteiger charge is 2.18. The van der Waals surface area contributed by atoms with E-state index in [4.69, 9.17) is 5.73 Å². The lowest BCUT2D eigenvalue weighted by Crippen LogP contribution is -2.29. The number of hydrogen-bond donors (Lipinski definition) is 1. The first-order valence-electron chi connectivity index (χ1n) is 6.96. The number of thiophene rings is 1. The topological polar surface area (TPSA) is 29.3 Å². The third-order valence-corrected chi connectivity index (χ3v) is 5.04. The van der Waals surface area contributed by atoms with Gasteiger partial charge in [-0.1, -0.05) is 17.7 Å². The van der Waals surface area contributed by atoms with E-state index in [1.807, 2.05) is 6.07 Å². The lowest BCUT2D eigenvalue weighted by atomic mass is 10.1. The Morgan fingerprint density at radius 2 is 2.25 bits per heavy atom. The molecule has 3 rings (SSSR count). The third-order valence-electron chi connectivity index (χ3n) is 3.83. The molecule has 0 saturated carbocycles. The molecule has 0 aliphatic carbocycles. The molecule has 2 N–H and O–H groups in total. The van der Waals surface area contributed by atoms with Gasteiger partial charge in [0.05, 0.1) is 0 Å². The molecule has 4 heteroatoms. The van der Waals surface area contributed by atoms with Crippen LogP contribution in [0.1, 0.15) is 23.8 Å². The Bertz CT molecular complexity index is 660. The highest BCUT2D eigenvalue weighted by atomic mass is 32.1. The number of halogens is 1. The first-order valence-corrected chi connectivity index (χ1v) is 7.77. The van der Waals surface area contributed by atoms with Gasteiger partial charge < -0.3 is 5.73 Å². The Hall–Kier alpha value is -1.23. The normalized spacial score (nSPS) is 16.6. The highest BCUT2D eigenvalue weighted by molar-refractivity contribution is 7.19. The molecule has 2 heterocycles. The molecule has 0 bridgehead atoms. The van der Waals surface area contributed by atoms with Crippen LogP contribution >= 0.6 is 11.3 Å². The summed E-state index contributed by atoms with van der Waals surface area (Å²) in [5, 5.41) is 0.769.